The van der Waals surface area contributed by atoms with Crippen molar-refractivity contribution >= 4 is 17.5 Å². The Bertz CT molecular complexity index is 696. The van der Waals surface area contributed by atoms with Gasteiger partial charge in [0.2, 0.25) is 11.8 Å². The highest BCUT2D eigenvalue weighted by atomic mass is 35.5. The second-order valence-electron chi connectivity index (χ2n) is 5.92. The molecule has 0 bridgehead atoms. The molecule has 1 aromatic carbocycles. The molecule has 0 aliphatic carbocycles. The molecule has 1 amide bonds. The molecule has 0 spiro atoms. The van der Waals surface area contributed by atoms with E-state index in [1.807, 2.05) is 36.1 Å². The van der Waals surface area contributed by atoms with Crippen LogP contribution in [0.15, 0.2) is 28.8 Å². The third-order valence-corrected chi connectivity index (χ3v) is 4.55. The molecule has 2 aromatic rings. The van der Waals surface area contributed by atoms with Crippen molar-refractivity contribution in [2.24, 2.45) is 0 Å². The van der Waals surface area contributed by atoms with E-state index in [1.54, 1.807) is 0 Å². The highest BCUT2D eigenvalue weighted by Crippen LogP contribution is 2.26. The lowest BCUT2D eigenvalue weighted by molar-refractivity contribution is -0.137. The van der Waals surface area contributed by atoms with Gasteiger partial charge in [-0.15, -0.1) is 0 Å². The zero-order valence-corrected chi connectivity index (χ0v) is 14.3. The van der Waals surface area contributed by atoms with Gasteiger partial charge in [0.15, 0.2) is 5.82 Å². The summed E-state index contributed by atoms with van der Waals surface area (Å²) in [6.45, 7) is 3.57. The van der Waals surface area contributed by atoms with E-state index in [1.165, 1.54) is 0 Å². The number of nitrogens with zero attached hydrogens (tertiary/aromatic N) is 3. The molecule has 128 valence electrons. The van der Waals surface area contributed by atoms with Gasteiger partial charge in [-0.25, -0.2) is 0 Å². The maximum atomic E-state index is 12.2. The fourth-order valence-corrected chi connectivity index (χ4v) is 3.00. The molecule has 1 aromatic heterocycles. The molecule has 0 radical (unpaired) electrons. The van der Waals surface area contributed by atoms with Crippen molar-refractivity contribution in [2.75, 3.05) is 19.7 Å². The van der Waals surface area contributed by atoms with Crippen molar-refractivity contribution in [1.82, 2.24) is 15.0 Å². The normalized spacial score (nSPS) is 15.7. The number of likely N-dealkylation sites (tertiary alicyclic amines) is 1. The summed E-state index contributed by atoms with van der Waals surface area (Å²) in [7, 11) is 0. The monoisotopic (exact) mass is 349 g/mol. The molecule has 1 aliphatic heterocycles. The first-order valence-corrected chi connectivity index (χ1v) is 8.40. The minimum atomic E-state index is 0.00205. The number of carbonyl (C=O) groups is 1. The Hall–Kier alpha value is -1.92. The predicted molar refractivity (Wildman–Crippen MR) is 88.7 cm³/mol. The summed E-state index contributed by atoms with van der Waals surface area (Å²) in [5, 5.41) is 4.48. The Kier molecular flexibility index (Phi) is 5.48. The molecule has 24 heavy (non-hydrogen) atoms. The molecule has 7 heteroatoms. The van der Waals surface area contributed by atoms with Gasteiger partial charge < -0.3 is 14.2 Å². The number of hydrogen-bond donors (Lipinski definition) is 0. The quantitative estimate of drug-likeness (QED) is 0.830. The standard InChI is InChI=1S/C17H20ClN3O3/c1-12-19-17(24-20-12)13-6-8-21(9-7-13)16(22)11-23-10-14-4-2-3-5-15(14)18/h2-5,13H,6-11H2,1H3. The molecular formula is C17H20ClN3O3. The summed E-state index contributed by atoms with van der Waals surface area (Å²) < 4.78 is 10.7. The number of piperidine rings is 1. The second kappa shape index (κ2) is 7.77. The SMILES string of the molecule is Cc1noc(C2CCN(C(=O)COCc3ccccc3Cl)CC2)n1. The molecule has 0 N–H and O–H groups in total. The van der Waals surface area contributed by atoms with Crippen LogP contribution in [0.2, 0.25) is 5.02 Å². The Labute approximate surface area is 145 Å². The lowest BCUT2D eigenvalue weighted by Gasteiger charge is -2.30. The molecule has 1 aliphatic rings. The summed E-state index contributed by atoms with van der Waals surface area (Å²) in [4.78, 5) is 18.3. The fourth-order valence-electron chi connectivity index (χ4n) is 2.81. The van der Waals surface area contributed by atoms with Crippen LogP contribution < -0.4 is 0 Å². The number of aryl methyl sites for hydroxylation is 1. The van der Waals surface area contributed by atoms with Gasteiger partial charge in [0.05, 0.1) is 6.61 Å². The number of halogens is 1. The van der Waals surface area contributed by atoms with Gasteiger partial charge in [0, 0.05) is 24.0 Å². The van der Waals surface area contributed by atoms with Crippen LogP contribution >= 0.6 is 11.6 Å². The van der Waals surface area contributed by atoms with Crippen molar-refractivity contribution < 1.29 is 14.1 Å². The van der Waals surface area contributed by atoms with Gasteiger partial charge in [-0.05, 0) is 31.4 Å². The van der Waals surface area contributed by atoms with Crippen LogP contribution in [0.1, 0.15) is 36.0 Å². The Morgan fingerprint density at radius 1 is 1.38 bits per heavy atom. The van der Waals surface area contributed by atoms with Crippen LogP contribution in [-0.4, -0.2) is 40.6 Å². The summed E-state index contributed by atoms with van der Waals surface area (Å²) in [5.74, 6) is 1.56. The van der Waals surface area contributed by atoms with Crippen LogP contribution in [0.25, 0.3) is 0 Å². The number of aromatic nitrogens is 2. The van der Waals surface area contributed by atoms with Crippen LogP contribution in [0.3, 0.4) is 0 Å². The molecule has 2 heterocycles. The maximum Gasteiger partial charge on any atom is 0.248 e. The average Bonchev–Trinajstić information content (AvgIpc) is 3.03. The zero-order valence-electron chi connectivity index (χ0n) is 13.6. The minimum Gasteiger partial charge on any atom is -0.367 e. The smallest absolute Gasteiger partial charge is 0.248 e. The largest absolute Gasteiger partial charge is 0.367 e. The molecule has 1 saturated heterocycles. The van der Waals surface area contributed by atoms with Crippen LogP contribution in [0.5, 0.6) is 0 Å². The van der Waals surface area contributed by atoms with E-state index in [0.29, 0.717) is 36.4 Å². The molecule has 1 fully saturated rings. The van der Waals surface area contributed by atoms with Crippen molar-refractivity contribution in [3.63, 3.8) is 0 Å². The number of rotatable bonds is 5. The number of amides is 1. The predicted octanol–water partition coefficient (Wildman–Crippen LogP) is 2.95. The van der Waals surface area contributed by atoms with E-state index in [4.69, 9.17) is 20.9 Å². The lowest BCUT2D eigenvalue weighted by atomic mass is 9.97. The molecule has 0 unspecified atom stereocenters. The fraction of sp³-hybridized carbons (Fsp3) is 0.471. The summed E-state index contributed by atoms with van der Waals surface area (Å²) in [6.07, 6.45) is 1.66. The van der Waals surface area contributed by atoms with Gasteiger partial charge in [0.1, 0.15) is 6.61 Å². The number of ether oxygens (including phenoxy) is 1. The molecule has 0 saturated carbocycles. The first-order chi connectivity index (χ1) is 11.6. The van der Waals surface area contributed by atoms with Gasteiger partial charge >= 0.3 is 0 Å². The van der Waals surface area contributed by atoms with Crippen molar-refractivity contribution in [1.29, 1.82) is 0 Å². The summed E-state index contributed by atoms with van der Waals surface area (Å²) in [5.41, 5.74) is 0.887. The van der Waals surface area contributed by atoms with Crippen LogP contribution in [-0.2, 0) is 16.1 Å². The first-order valence-electron chi connectivity index (χ1n) is 8.02. The van der Waals surface area contributed by atoms with Crippen molar-refractivity contribution in [2.45, 2.75) is 32.3 Å². The number of benzene rings is 1. The van der Waals surface area contributed by atoms with E-state index in [2.05, 4.69) is 10.1 Å². The second-order valence-corrected chi connectivity index (χ2v) is 6.33. The van der Waals surface area contributed by atoms with Crippen molar-refractivity contribution in [3.05, 3.63) is 46.6 Å². The first kappa shape index (κ1) is 16.9. The molecule has 3 rings (SSSR count). The maximum absolute atomic E-state index is 12.2. The van der Waals surface area contributed by atoms with E-state index >= 15 is 0 Å². The highest BCUT2D eigenvalue weighted by molar-refractivity contribution is 6.31. The van der Waals surface area contributed by atoms with Gasteiger partial charge in [0.25, 0.3) is 0 Å². The molecular weight excluding hydrogens is 330 g/mol. The van der Waals surface area contributed by atoms with E-state index in [0.717, 1.165) is 18.4 Å². The lowest BCUT2D eigenvalue weighted by Crippen LogP contribution is -2.40. The Balaban J connectivity index is 1.43. The molecule has 6 nitrogen and oxygen atoms in total. The van der Waals surface area contributed by atoms with Gasteiger partial charge in [-0.1, -0.05) is 35.0 Å². The van der Waals surface area contributed by atoms with Gasteiger partial charge in [-0.3, -0.25) is 4.79 Å². The number of carbonyl (C=O) groups excluding carboxylic acids is 1. The van der Waals surface area contributed by atoms with E-state index in [9.17, 15) is 4.79 Å². The minimum absolute atomic E-state index is 0.00205. The van der Waals surface area contributed by atoms with E-state index < -0.39 is 0 Å². The summed E-state index contributed by atoms with van der Waals surface area (Å²) >= 11 is 6.07. The number of hydrogen-bond acceptors (Lipinski definition) is 5. The Morgan fingerprint density at radius 2 is 2.12 bits per heavy atom. The topological polar surface area (TPSA) is 68.5 Å². The van der Waals surface area contributed by atoms with Crippen molar-refractivity contribution in [3.8, 4) is 0 Å². The molecule has 0 atom stereocenters. The van der Waals surface area contributed by atoms with E-state index in [-0.39, 0.29) is 18.4 Å². The highest BCUT2D eigenvalue weighted by Gasteiger charge is 2.27. The Morgan fingerprint density at radius 3 is 2.79 bits per heavy atom. The third kappa shape index (κ3) is 4.13. The van der Waals surface area contributed by atoms with Crippen LogP contribution in [0, 0.1) is 6.92 Å². The average molecular weight is 350 g/mol. The summed E-state index contributed by atoms with van der Waals surface area (Å²) in [6, 6.07) is 7.47. The third-order valence-electron chi connectivity index (χ3n) is 4.18. The van der Waals surface area contributed by atoms with Gasteiger partial charge in [-0.2, -0.15) is 4.98 Å². The van der Waals surface area contributed by atoms with Crippen LogP contribution in [0.4, 0.5) is 0 Å². The zero-order chi connectivity index (χ0) is 16.9.